The van der Waals surface area contributed by atoms with Gasteiger partial charge in [-0.1, -0.05) is 26.2 Å². The Kier molecular flexibility index (Phi) is 11.1. The first-order valence-electron chi connectivity index (χ1n) is 15.1. The zero-order chi connectivity index (χ0) is 30.9. The molecule has 3 atom stereocenters. The third-order valence-corrected chi connectivity index (χ3v) is 8.26. The summed E-state index contributed by atoms with van der Waals surface area (Å²) in [5, 5.41) is 18.7. The molecule has 0 unspecified atom stereocenters. The highest BCUT2D eigenvalue weighted by atomic mass is 16.5. The molecule has 234 valence electrons. The molecule has 5 amide bonds. The number of aliphatic hydroxyl groups is 1. The number of hydrogen-bond acceptors (Lipinski definition) is 6. The van der Waals surface area contributed by atoms with Gasteiger partial charge in [-0.3, -0.25) is 4.79 Å². The molecule has 0 radical (unpaired) electrons. The van der Waals surface area contributed by atoms with E-state index in [2.05, 4.69) is 16.0 Å². The molecule has 11 heteroatoms. The number of ether oxygens (including phenoxy) is 2. The molecule has 0 saturated heterocycles. The Balaban J connectivity index is 1.52. The smallest absolute Gasteiger partial charge is 0.323 e. The van der Waals surface area contributed by atoms with Gasteiger partial charge in [0, 0.05) is 42.5 Å². The Morgan fingerprint density at radius 2 is 1.77 bits per heavy atom. The first-order valence-corrected chi connectivity index (χ1v) is 15.1. The van der Waals surface area contributed by atoms with Crippen LogP contribution in [0.3, 0.4) is 0 Å². The van der Waals surface area contributed by atoms with Crippen LogP contribution in [0.15, 0.2) is 42.5 Å². The van der Waals surface area contributed by atoms with E-state index in [1.807, 2.05) is 13.8 Å². The lowest BCUT2D eigenvalue weighted by molar-refractivity contribution is -0.134. The fourth-order valence-corrected chi connectivity index (χ4v) is 5.58. The SMILES string of the molecule is COc1ccc(NC(=O)Nc2ccc3c(c2)CC(=O)N([C@@H](C)CO)C[C@H](C)[C@@H](CN(C)C(=O)NC2CCCCC2)O3)cc1. The van der Waals surface area contributed by atoms with Crippen LogP contribution in [0.2, 0.25) is 0 Å². The summed E-state index contributed by atoms with van der Waals surface area (Å²) >= 11 is 0. The number of rotatable bonds is 8. The number of amides is 5. The van der Waals surface area contributed by atoms with Gasteiger partial charge in [-0.15, -0.1) is 0 Å². The molecule has 2 aliphatic rings. The van der Waals surface area contributed by atoms with E-state index in [0.29, 0.717) is 41.5 Å². The molecule has 4 rings (SSSR count). The predicted octanol–water partition coefficient (Wildman–Crippen LogP) is 4.46. The standard InChI is InChI=1S/C32H45N5O6/c1-21-18-37(22(2)20-38)30(39)17-23-16-26(34-31(40)33-25-10-13-27(42-4)14-11-25)12-15-28(23)43-29(21)19-36(3)32(41)35-24-8-6-5-7-9-24/h10-16,21-22,24,29,38H,5-9,17-20H2,1-4H3,(H,35,41)(H2,33,34,40)/t21-,22-,29+/m0/s1. The number of carbonyl (C=O) groups is 3. The van der Waals surface area contributed by atoms with Crippen LogP contribution in [0, 0.1) is 5.92 Å². The number of hydrogen-bond donors (Lipinski definition) is 4. The highest BCUT2D eigenvalue weighted by Gasteiger charge is 2.32. The van der Waals surface area contributed by atoms with Crippen LogP contribution in [0.1, 0.15) is 51.5 Å². The Bertz CT molecular complexity index is 1250. The van der Waals surface area contributed by atoms with Gasteiger partial charge in [0.1, 0.15) is 17.6 Å². The van der Waals surface area contributed by atoms with E-state index in [0.717, 1.165) is 25.7 Å². The van der Waals surface area contributed by atoms with Crippen molar-refractivity contribution in [3.63, 3.8) is 0 Å². The van der Waals surface area contributed by atoms with Crippen LogP contribution in [-0.4, -0.2) is 84.9 Å². The second-order valence-corrected chi connectivity index (χ2v) is 11.7. The first-order chi connectivity index (χ1) is 20.7. The van der Waals surface area contributed by atoms with Gasteiger partial charge in [0.2, 0.25) is 5.91 Å². The third-order valence-electron chi connectivity index (χ3n) is 8.26. The maximum absolute atomic E-state index is 13.5. The van der Waals surface area contributed by atoms with Gasteiger partial charge in [-0.2, -0.15) is 0 Å². The Morgan fingerprint density at radius 3 is 2.44 bits per heavy atom. The minimum absolute atomic E-state index is 0.0345. The van der Waals surface area contributed by atoms with Crippen LogP contribution in [0.4, 0.5) is 21.0 Å². The largest absolute Gasteiger partial charge is 0.497 e. The van der Waals surface area contributed by atoms with Crippen LogP contribution in [-0.2, 0) is 11.2 Å². The molecule has 1 aliphatic heterocycles. The van der Waals surface area contributed by atoms with Crippen LogP contribution in [0.25, 0.3) is 0 Å². The molecule has 11 nitrogen and oxygen atoms in total. The quantitative estimate of drug-likeness (QED) is 0.356. The number of fused-ring (bicyclic) bond motifs is 1. The average Bonchev–Trinajstić information content (AvgIpc) is 3.04. The highest BCUT2D eigenvalue weighted by Crippen LogP contribution is 2.29. The van der Waals surface area contributed by atoms with Gasteiger partial charge >= 0.3 is 12.1 Å². The van der Waals surface area contributed by atoms with Gasteiger partial charge in [-0.25, -0.2) is 9.59 Å². The average molecular weight is 596 g/mol. The summed E-state index contributed by atoms with van der Waals surface area (Å²) in [5.74, 6) is 0.913. The molecule has 2 aromatic rings. The summed E-state index contributed by atoms with van der Waals surface area (Å²) in [5.41, 5.74) is 1.70. The molecule has 1 fully saturated rings. The molecule has 0 spiro atoms. The first kappa shape index (κ1) is 31.9. The zero-order valence-electron chi connectivity index (χ0n) is 25.6. The number of urea groups is 2. The Morgan fingerprint density at radius 1 is 1.09 bits per heavy atom. The van der Waals surface area contributed by atoms with Crippen molar-refractivity contribution < 1.29 is 29.0 Å². The Hall–Kier alpha value is -3.99. The fraction of sp³-hybridized carbons (Fsp3) is 0.531. The van der Waals surface area contributed by atoms with Crippen LogP contribution < -0.4 is 25.4 Å². The highest BCUT2D eigenvalue weighted by molar-refractivity contribution is 6.00. The lowest BCUT2D eigenvalue weighted by Gasteiger charge is -2.34. The monoisotopic (exact) mass is 595 g/mol. The Labute approximate surface area is 253 Å². The molecule has 1 heterocycles. The van der Waals surface area contributed by atoms with Gasteiger partial charge in [0.05, 0.1) is 32.7 Å². The van der Waals surface area contributed by atoms with Gasteiger partial charge in [0.25, 0.3) is 0 Å². The minimum atomic E-state index is -0.437. The molecule has 0 bridgehead atoms. The molecule has 2 aromatic carbocycles. The molecule has 0 aromatic heterocycles. The van der Waals surface area contributed by atoms with Crippen molar-refractivity contribution in [2.45, 2.75) is 70.6 Å². The van der Waals surface area contributed by atoms with Gasteiger partial charge < -0.3 is 40.3 Å². The van der Waals surface area contributed by atoms with Crippen LogP contribution >= 0.6 is 0 Å². The third kappa shape index (κ3) is 8.76. The number of benzene rings is 2. The van der Waals surface area contributed by atoms with Crippen LogP contribution in [0.5, 0.6) is 11.5 Å². The number of carbonyl (C=O) groups excluding carboxylic acids is 3. The van der Waals surface area contributed by atoms with Crippen molar-refractivity contribution in [1.29, 1.82) is 0 Å². The normalized spacial score (nSPS) is 19.9. The van der Waals surface area contributed by atoms with Crippen molar-refractivity contribution in [2.24, 2.45) is 5.92 Å². The molecular weight excluding hydrogens is 550 g/mol. The van der Waals surface area contributed by atoms with E-state index in [-0.39, 0.29) is 43.0 Å². The summed E-state index contributed by atoms with van der Waals surface area (Å²) < 4.78 is 11.7. The van der Waals surface area contributed by atoms with E-state index < -0.39 is 12.1 Å². The molecule has 1 saturated carbocycles. The number of methoxy groups -OCH3 is 1. The summed E-state index contributed by atoms with van der Waals surface area (Å²) in [7, 11) is 3.33. The topological polar surface area (TPSA) is 132 Å². The maximum Gasteiger partial charge on any atom is 0.323 e. The van der Waals surface area contributed by atoms with E-state index in [1.165, 1.54) is 6.42 Å². The van der Waals surface area contributed by atoms with Crippen molar-refractivity contribution in [3.8, 4) is 11.5 Å². The summed E-state index contributed by atoms with van der Waals surface area (Å²) in [6.07, 6.45) is 5.06. The van der Waals surface area contributed by atoms with Gasteiger partial charge in [0.15, 0.2) is 0 Å². The van der Waals surface area contributed by atoms with Crippen molar-refractivity contribution >= 4 is 29.3 Å². The lowest BCUT2D eigenvalue weighted by atomic mass is 9.96. The number of likely N-dealkylation sites (N-methyl/N-ethyl adjacent to an activating group) is 1. The van der Waals surface area contributed by atoms with Crippen molar-refractivity contribution in [3.05, 3.63) is 48.0 Å². The second-order valence-electron chi connectivity index (χ2n) is 11.7. The lowest BCUT2D eigenvalue weighted by Crippen LogP contribution is -2.50. The van der Waals surface area contributed by atoms with E-state index in [1.54, 1.807) is 66.4 Å². The van der Waals surface area contributed by atoms with Crippen molar-refractivity contribution in [2.75, 3.05) is 44.5 Å². The number of nitrogens with one attached hydrogen (secondary N) is 3. The summed E-state index contributed by atoms with van der Waals surface area (Å²) in [4.78, 5) is 42.6. The second kappa shape index (κ2) is 15.0. The van der Waals surface area contributed by atoms with Crippen molar-refractivity contribution in [1.82, 2.24) is 15.1 Å². The van der Waals surface area contributed by atoms with E-state index >= 15 is 0 Å². The van der Waals surface area contributed by atoms with E-state index in [9.17, 15) is 19.5 Å². The number of aliphatic hydroxyl groups excluding tert-OH is 1. The molecule has 4 N–H and O–H groups in total. The maximum atomic E-state index is 13.5. The summed E-state index contributed by atoms with van der Waals surface area (Å²) in [6, 6.07) is 11.4. The fourth-order valence-electron chi connectivity index (χ4n) is 5.58. The molecular formula is C32H45N5O6. The predicted molar refractivity (Wildman–Crippen MR) is 166 cm³/mol. The zero-order valence-corrected chi connectivity index (χ0v) is 25.6. The molecule has 1 aliphatic carbocycles. The summed E-state index contributed by atoms with van der Waals surface area (Å²) in [6.45, 7) is 4.32. The number of nitrogens with zero attached hydrogens (tertiary/aromatic N) is 2. The van der Waals surface area contributed by atoms with E-state index in [4.69, 9.17) is 9.47 Å². The minimum Gasteiger partial charge on any atom is -0.497 e. The molecule has 43 heavy (non-hydrogen) atoms. The number of anilines is 2. The van der Waals surface area contributed by atoms with Gasteiger partial charge in [-0.05, 0) is 62.2 Å².